The summed E-state index contributed by atoms with van der Waals surface area (Å²) in [7, 11) is 0. The fraction of sp³-hybridized carbons (Fsp3) is 0.368. The van der Waals surface area contributed by atoms with Crippen LogP contribution in [0, 0.1) is 0 Å². The number of aromatic amines is 1. The second kappa shape index (κ2) is 6.61. The predicted molar refractivity (Wildman–Crippen MR) is 109 cm³/mol. The van der Waals surface area contributed by atoms with E-state index in [9.17, 15) is 8.78 Å². The Kier molecular flexibility index (Phi) is 3.94. The largest absolute Gasteiger partial charge is 0.341 e. The summed E-state index contributed by atoms with van der Waals surface area (Å²) in [5.74, 6) is -0.864. The Balaban J connectivity index is 1.50. The van der Waals surface area contributed by atoms with Crippen molar-refractivity contribution in [1.29, 1.82) is 0 Å². The van der Waals surface area contributed by atoms with Crippen LogP contribution in [0.3, 0.4) is 0 Å². The molecule has 0 bridgehead atoms. The Morgan fingerprint density at radius 2 is 2.13 bits per heavy atom. The molecule has 5 heterocycles. The average molecular weight is 441 g/mol. The first kappa shape index (κ1) is 18.5. The zero-order valence-corrected chi connectivity index (χ0v) is 17.2. The molecule has 0 aromatic carbocycles. The molecule has 1 unspecified atom stereocenters. The van der Waals surface area contributed by atoms with E-state index in [1.165, 1.54) is 11.3 Å². The number of halogens is 2. The number of alkyl halides is 2. The minimum absolute atomic E-state index is 0.193. The number of nitrogens with one attached hydrogen (secondary N) is 1. The first-order valence-electron chi connectivity index (χ1n) is 9.93. The van der Waals surface area contributed by atoms with Crippen molar-refractivity contribution in [3.8, 4) is 27.8 Å². The average Bonchev–Trinajstić information content (AvgIpc) is 3.51. The number of fused-ring (bicyclic) bond motifs is 3. The topological polar surface area (TPSA) is 101 Å². The predicted octanol–water partition coefficient (Wildman–Crippen LogP) is 3.64. The van der Waals surface area contributed by atoms with E-state index in [-0.39, 0.29) is 24.9 Å². The van der Waals surface area contributed by atoms with E-state index < -0.39 is 5.92 Å². The highest BCUT2D eigenvalue weighted by Gasteiger charge is 2.51. The van der Waals surface area contributed by atoms with Crippen molar-refractivity contribution in [1.82, 2.24) is 39.9 Å². The molecule has 9 nitrogen and oxygen atoms in total. The number of aromatic nitrogens is 8. The third kappa shape index (κ3) is 2.77. The summed E-state index contributed by atoms with van der Waals surface area (Å²) in [6, 6.07) is -0.517. The van der Waals surface area contributed by atoms with Crippen molar-refractivity contribution in [2.75, 3.05) is 4.90 Å². The molecule has 2 aliphatic rings. The minimum Gasteiger partial charge on any atom is -0.341 e. The van der Waals surface area contributed by atoms with Gasteiger partial charge in [0, 0.05) is 30.5 Å². The van der Waals surface area contributed by atoms with Crippen molar-refractivity contribution < 1.29 is 8.78 Å². The van der Waals surface area contributed by atoms with Gasteiger partial charge in [0.15, 0.2) is 17.5 Å². The maximum absolute atomic E-state index is 13.8. The maximum Gasteiger partial charge on any atom is 0.252 e. The Morgan fingerprint density at radius 1 is 1.26 bits per heavy atom. The zero-order valence-electron chi connectivity index (χ0n) is 16.4. The molecule has 12 heteroatoms. The molecule has 1 aliphatic carbocycles. The lowest BCUT2D eigenvalue weighted by molar-refractivity contribution is -0.0878. The highest BCUT2D eigenvalue weighted by molar-refractivity contribution is 7.13. The fourth-order valence-corrected chi connectivity index (χ4v) is 5.03. The van der Waals surface area contributed by atoms with E-state index in [2.05, 4.69) is 30.4 Å². The van der Waals surface area contributed by atoms with Crippen LogP contribution in [0.15, 0.2) is 30.3 Å². The van der Waals surface area contributed by atoms with Gasteiger partial charge in [-0.2, -0.15) is 5.10 Å². The Labute approximate surface area is 179 Å². The minimum atomic E-state index is -2.65. The molecule has 1 aliphatic heterocycles. The molecule has 31 heavy (non-hydrogen) atoms. The molecular formula is C19H17F2N9S. The monoisotopic (exact) mass is 441 g/mol. The molecule has 0 amide bonds. The zero-order chi connectivity index (χ0) is 21.2. The van der Waals surface area contributed by atoms with Gasteiger partial charge < -0.3 is 4.90 Å². The van der Waals surface area contributed by atoms with Crippen LogP contribution in [0.4, 0.5) is 14.6 Å². The van der Waals surface area contributed by atoms with E-state index in [0.29, 0.717) is 35.1 Å². The van der Waals surface area contributed by atoms with Gasteiger partial charge in [0.2, 0.25) is 0 Å². The highest BCUT2D eigenvalue weighted by Crippen LogP contribution is 2.48. The van der Waals surface area contributed by atoms with E-state index in [1.54, 1.807) is 24.9 Å². The summed E-state index contributed by atoms with van der Waals surface area (Å²) in [6.45, 7) is 2.01. The van der Waals surface area contributed by atoms with E-state index in [1.807, 2.05) is 21.8 Å². The highest BCUT2D eigenvalue weighted by atomic mass is 32.1. The molecule has 0 radical (unpaired) electrons. The Bertz CT molecular complexity index is 1240. The molecule has 0 spiro atoms. The maximum atomic E-state index is 13.8. The van der Waals surface area contributed by atoms with Crippen LogP contribution in [0.5, 0.6) is 0 Å². The number of H-pyrrole nitrogens is 1. The van der Waals surface area contributed by atoms with Gasteiger partial charge in [0.1, 0.15) is 22.7 Å². The number of nitrogens with zero attached hydrogens (tertiary/aromatic N) is 8. The molecule has 4 aromatic heterocycles. The Hall–Kier alpha value is -3.28. The smallest absolute Gasteiger partial charge is 0.252 e. The summed E-state index contributed by atoms with van der Waals surface area (Å²) in [4.78, 5) is 15.7. The molecule has 1 atom stereocenters. The van der Waals surface area contributed by atoms with Gasteiger partial charge in [-0.05, 0) is 6.42 Å². The third-order valence-corrected chi connectivity index (χ3v) is 6.63. The first-order valence-corrected chi connectivity index (χ1v) is 10.8. The van der Waals surface area contributed by atoms with Gasteiger partial charge in [-0.15, -0.1) is 21.5 Å². The SMILES string of the molecule is CCC1c2nncn2-c2cnc(-c3cn[nH]c3-c3nccs3)nc2N1C1CC(F)(F)C1. The first-order chi connectivity index (χ1) is 15.1. The summed E-state index contributed by atoms with van der Waals surface area (Å²) < 4.78 is 29.4. The number of thiazole rings is 1. The van der Waals surface area contributed by atoms with Gasteiger partial charge in [0.25, 0.3) is 5.92 Å². The van der Waals surface area contributed by atoms with Crippen LogP contribution in [0.25, 0.3) is 27.8 Å². The summed E-state index contributed by atoms with van der Waals surface area (Å²) >= 11 is 1.48. The van der Waals surface area contributed by atoms with Crippen LogP contribution in [0.2, 0.25) is 0 Å². The lowest BCUT2D eigenvalue weighted by Crippen LogP contribution is -2.54. The summed E-state index contributed by atoms with van der Waals surface area (Å²) in [5.41, 5.74) is 2.12. The molecule has 0 saturated heterocycles. The number of hydrogen-bond donors (Lipinski definition) is 1. The Morgan fingerprint density at radius 3 is 2.87 bits per heavy atom. The van der Waals surface area contributed by atoms with E-state index in [0.717, 1.165) is 10.7 Å². The number of rotatable bonds is 4. The quantitative estimate of drug-likeness (QED) is 0.516. The fourth-order valence-electron chi connectivity index (χ4n) is 4.38. The number of hydrogen-bond acceptors (Lipinski definition) is 8. The molecular weight excluding hydrogens is 424 g/mol. The third-order valence-electron chi connectivity index (χ3n) is 5.84. The van der Waals surface area contributed by atoms with Crippen LogP contribution in [-0.4, -0.2) is 51.9 Å². The lowest BCUT2D eigenvalue weighted by atomic mass is 9.85. The second-order valence-corrected chi connectivity index (χ2v) is 8.60. The van der Waals surface area contributed by atoms with E-state index in [4.69, 9.17) is 4.98 Å². The molecule has 1 saturated carbocycles. The van der Waals surface area contributed by atoms with Crippen molar-refractivity contribution in [2.24, 2.45) is 0 Å². The van der Waals surface area contributed by atoms with Gasteiger partial charge in [0.05, 0.1) is 24.0 Å². The summed E-state index contributed by atoms with van der Waals surface area (Å²) in [5, 5.41) is 18.1. The molecule has 158 valence electrons. The lowest BCUT2D eigenvalue weighted by Gasteiger charge is -2.48. The van der Waals surface area contributed by atoms with Crippen LogP contribution < -0.4 is 4.90 Å². The van der Waals surface area contributed by atoms with Crippen molar-refractivity contribution in [3.05, 3.63) is 36.1 Å². The molecule has 1 N–H and O–H groups in total. The summed E-state index contributed by atoms with van der Waals surface area (Å²) in [6.07, 6.45) is 6.97. The van der Waals surface area contributed by atoms with Crippen LogP contribution in [0.1, 0.15) is 38.1 Å². The van der Waals surface area contributed by atoms with Gasteiger partial charge >= 0.3 is 0 Å². The second-order valence-electron chi connectivity index (χ2n) is 7.71. The van der Waals surface area contributed by atoms with Gasteiger partial charge in [-0.3, -0.25) is 9.67 Å². The molecule has 1 fully saturated rings. The van der Waals surface area contributed by atoms with Crippen molar-refractivity contribution in [3.63, 3.8) is 0 Å². The van der Waals surface area contributed by atoms with Crippen LogP contribution >= 0.6 is 11.3 Å². The van der Waals surface area contributed by atoms with Gasteiger partial charge in [-0.25, -0.2) is 23.7 Å². The van der Waals surface area contributed by atoms with Crippen molar-refractivity contribution in [2.45, 2.75) is 44.2 Å². The van der Waals surface area contributed by atoms with Gasteiger partial charge in [-0.1, -0.05) is 6.92 Å². The molecule has 4 aromatic rings. The van der Waals surface area contributed by atoms with Crippen molar-refractivity contribution >= 4 is 17.2 Å². The number of anilines is 1. The van der Waals surface area contributed by atoms with E-state index >= 15 is 0 Å². The normalized spacial score (nSPS) is 19.7. The van der Waals surface area contributed by atoms with Crippen LogP contribution in [-0.2, 0) is 0 Å². The standard InChI is InChI=1S/C19H17F2N9S/c1-2-12-17-28-25-9-29(17)13-8-23-15(11-7-24-27-14(11)18-22-3-4-31-18)26-16(13)30(12)10-5-19(20,21)6-10/h3-4,7-10,12H,2,5-6H2,1H3,(H,24,27). The molecule has 6 rings (SSSR count).